The molecule has 0 saturated heterocycles. The molecule has 0 aliphatic heterocycles. The molecule has 3 aromatic rings. The highest BCUT2D eigenvalue weighted by Crippen LogP contribution is 2.22. The summed E-state index contributed by atoms with van der Waals surface area (Å²) >= 11 is 0.213. The van der Waals surface area contributed by atoms with Crippen molar-refractivity contribution < 1.29 is 4.55 Å². The lowest BCUT2D eigenvalue weighted by Crippen LogP contribution is -1.97. The lowest BCUT2D eigenvalue weighted by molar-refractivity contribution is 0.597. The van der Waals surface area contributed by atoms with Gasteiger partial charge in [-0.15, -0.1) is 11.3 Å². The number of hydrogen-bond donors (Lipinski definition) is 0. The van der Waals surface area contributed by atoms with Crippen molar-refractivity contribution in [2.24, 2.45) is 4.40 Å². The highest BCUT2D eigenvalue weighted by Gasteiger charge is 2.08. The van der Waals surface area contributed by atoms with E-state index in [1.165, 1.54) is 0 Å². The topological polar surface area (TPSA) is 48.3 Å². The van der Waals surface area contributed by atoms with E-state index in [9.17, 15) is 4.55 Å². The van der Waals surface area contributed by atoms with Crippen LogP contribution >= 0.6 is 11.3 Å². The van der Waals surface area contributed by atoms with E-state index in [1.807, 2.05) is 60.8 Å². The second-order valence-corrected chi connectivity index (χ2v) is 6.83. The van der Waals surface area contributed by atoms with Crippen molar-refractivity contribution in [2.45, 2.75) is 11.8 Å². The SMILES string of the molecule is Cc1ccc([S+]([O-])N=Cc2cccc(-c3nccs3)c2)cc1. The first-order valence-corrected chi connectivity index (χ1v) is 8.73. The maximum atomic E-state index is 12.1. The van der Waals surface area contributed by atoms with Crippen LogP contribution < -0.4 is 0 Å². The Morgan fingerprint density at radius 2 is 2.00 bits per heavy atom. The highest BCUT2D eigenvalue weighted by molar-refractivity contribution is 7.90. The van der Waals surface area contributed by atoms with Gasteiger partial charge in [0, 0.05) is 17.1 Å². The fourth-order valence-corrected chi connectivity index (χ4v) is 3.29. The van der Waals surface area contributed by atoms with E-state index in [0.29, 0.717) is 4.90 Å². The zero-order valence-electron chi connectivity index (χ0n) is 12.0. The molecular weight excluding hydrogens is 312 g/mol. The first-order valence-electron chi connectivity index (χ1n) is 6.75. The molecule has 110 valence electrons. The first kappa shape index (κ1) is 15.0. The Balaban J connectivity index is 1.77. The van der Waals surface area contributed by atoms with Crippen molar-refractivity contribution in [2.75, 3.05) is 0 Å². The maximum Gasteiger partial charge on any atom is 0.182 e. The molecule has 0 aliphatic carbocycles. The number of benzene rings is 2. The van der Waals surface area contributed by atoms with Gasteiger partial charge in [-0.1, -0.05) is 40.3 Å². The van der Waals surface area contributed by atoms with Crippen molar-refractivity contribution in [1.29, 1.82) is 0 Å². The molecule has 3 rings (SSSR count). The van der Waals surface area contributed by atoms with E-state index in [-0.39, 0.29) is 0 Å². The van der Waals surface area contributed by atoms with Crippen molar-refractivity contribution in [3.05, 3.63) is 71.2 Å². The van der Waals surface area contributed by atoms with Crippen LogP contribution in [0.15, 0.2) is 69.4 Å². The average molecular weight is 326 g/mol. The summed E-state index contributed by atoms with van der Waals surface area (Å²) in [6.07, 6.45) is 3.43. The summed E-state index contributed by atoms with van der Waals surface area (Å²) in [6, 6.07) is 15.4. The molecule has 0 radical (unpaired) electrons. The first-order chi connectivity index (χ1) is 10.7. The Morgan fingerprint density at radius 3 is 2.73 bits per heavy atom. The predicted octanol–water partition coefficient (Wildman–Crippen LogP) is 4.26. The molecule has 0 aliphatic rings. The summed E-state index contributed by atoms with van der Waals surface area (Å²) in [5.41, 5.74) is 3.09. The fourth-order valence-electron chi connectivity index (χ4n) is 1.94. The van der Waals surface area contributed by atoms with E-state index in [4.69, 9.17) is 0 Å². The number of aryl methyl sites for hydroxylation is 1. The summed E-state index contributed by atoms with van der Waals surface area (Å²) in [7, 11) is 0. The van der Waals surface area contributed by atoms with Crippen LogP contribution in [0.4, 0.5) is 0 Å². The molecule has 1 aromatic heterocycles. The van der Waals surface area contributed by atoms with Gasteiger partial charge in [-0.25, -0.2) is 4.98 Å². The lowest BCUT2D eigenvalue weighted by Gasteiger charge is -2.03. The molecule has 3 nitrogen and oxygen atoms in total. The second kappa shape index (κ2) is 6.87. The standard InChI is InChI=1S/C17H14N2OS2/c1-13-5-7-16(8-6-13)22(20)19-12-14-3-2-4-15(11-14)17-18-9-10-21-17/h2-12H,1H3. The largest absolute Gasteiger partial charge is 0.586 e. The van der Waals surface area contributed by atoms with Crippen LogP contribution in [0.2, 0.25) is 0 Å². The van der Waals surface area contributed by atoms with Gasteiger partial charge in [0.25, 0.3) is 0 Å². The van der Waals surface area contributed by atoms with Gasteiger partial charge in [-0.05, 0) is 30.7 Å². The maximum absolute atomic E-state index is 12.1. The molecular formula is C17H14N2OS2. The van der Waals surface area contributed by atoms with Crippen molar-refractivity contribution in [1.82, 2.24) is 4.98 Å². The van der Waals surface area contributed by atoms with Gasteiger partial charge < -0.3 is 4.55 Å². The molecule has 0 saturated carbocycles. The molecule has 22 heavy (non-hydrogen) atoms. The quantitative estimate of drug-likeness (QED) is 0.531. The summed E-state index contributed by atoms with van der Waals surface area (Å²) in [5, 5.41) is 2.91. The molecule has 1 unspecified atom stereocenters. The normalized spacial score (nSPS) is 12.6. The van der Waals surface area contributed by atoms with E-state index < -0.39 is 11.4 Å². The van der Waals surface area contributed by atoms with Crippen LogP contribution in [0.5, 0.6) is 0 Å². The summed E-state index contributed by atoms with van der Waals surface area (Å²) in [5.74, 6) is 0. The molecule has 0 N–H and O–H groups in total. The third-order valence-electron chi connectivity index (χ3n) is 3.09. The molecule has 1 atom stereocenters. The molecule has 1 heterocycles. The van der Waals surface area contributed by atoms with Gasteiger partial charge in [0.15, 0.2) is 4.90 Å². The molecule has 0 fully saturated rings. The van der Waals surface area contributed by atoms with Crippen LogP contribution in [-0.4, -0.2) is 15.8 Å². The van der Waals surface area contributed by atoms with Gasteiger partial charge in [0.2, 0.25) is 0 Å². The van der Waals surface area contributed by atoms with Crippen LogP contribution in [0.3, 0.4) is 0 Å². The van der Waals surface area contributed by atoms with E-state index in [1.54, 1.807) is 23.7 Å². The zero-order valence-corrected chi connectivity index (χ0v) is 13.6. The van der Waals surface area contributed by atoms with Crippen molar-refractivity contribution in [3.8, 4) is 10.6 Å². The molecule has 0 bridgehead atoms. The third kappa shape index (κ3) is 3.62. The van der Waals surface area contributed by atoms with E-state index in [2.05, 4.69) is 9.38 Å². The van der Waals surface area contributed by atoms with Gasteiger partial charge in [0.1, 0.15) is 16.4 Å². The Morgan fingerprint density at radius 1 is 1.18 bits per heavy atom. The van der Waals surface area contributed by atoms with Crippen LogP contribution in [-0.2, 0) is 11.4 Å². The Labute approximate surface area is 136 Å². The van der Waals surface area contributed by atoms with Crippen LogP contribution in [0.1, 0.15) is 11.1 Å². The summed E-state index contributed by atoms with van der Waals surface area (Å²) < 4.78 is 16.3. The Hall–Kier alpha value is -1.95. The van der Waals surface area contributed by atoms with Crippen LogP contribution in [0.25, 0.3) is 10.6 Å². The average Bonchev–Trinajstić information content (AvgIpc) is 3.08. The molecule has 0 spiro atoms. The van der Waals surface area contributed by atoms with E-state index >= 15 is 0 Å². The number of rotatable bonds is 4. The van der Waals surface area contributed by atoms with Crippen LogP contribution in [0, 0.1) is 6.92 Å². The number of thiazole rings is 1. The smallest absolute Gasteiger partial charge is 0.182 e. The van der Waals surface area contributed by atoms with Gasteiger partial charge in [-0.2, -0.15) is 0 Å². The van der Waals surface area contributed by atoms with Gasteiger partial charge >= 0.3 is 0 Å². The third-order valence-corrected chi connectivity index (χ3v) is 4.88. The Kier molecular flexibility index (Phi) is 4.68. The lowest BCUT2D eigenvalue weighted by atomic mass is 10.1. The fraction of sp³-hybridized carbons (Fsp3) is 0.0588. The second-order valence-electron chi connectivity index (χ2n) is 4.76. The van der Waals surface area contributed by atoms with E-state index in [0.717, 1.165) is 21.7 Å². The highest BCUT2D eigenvalue weighted by atomic mass is 32.2. The Bertz CT molecular complexity index is 768. The zero-order chi connectivity index (χ0) is 15.4. The number of aromatic nitrogens is 1. The van der Waals surface area contributed by atoms with Crippen molar-refractivity contribution in [3.63, 3.8) is 0 Å². The minimum Gasteiger partial charge on any atom is -0.586 e. The summed E-state index contributed by atoms with van der Waals surface area (Å²) in [4.78, 5) is 5.00. The monoisotopic (exact) mass is 326 g/mol. The molecule has 5 heteroatoms. The predicted molar refractivity (Wildman–Crippen MR) is 92.7 cm³/mol. The van der Waals surface area contributed by atoms with Gasteiger partial charge in [-0.3, -0.25) is 0 Å². The minimum absolute atomic E-state index is 0.706. The number of hydrogen-bond acceptors (Lipinski definition) is 4. The molecule has 0 amide bonds. The summed E-state index contributed by atoms with van der Waals surface area (Å²) in [6.45, 7) is 2.00. The minimum atomic E-state index is -1.38. The molecule has 2 aromatic carbocycles. The van der Waals surface area contributed by atoms with Gasteiger partial charge in [0.05, 0.1) is 6.21 Å². The van der Waals surface area contributed by atoms with Crippen molar-refractivity contribution >= 4 is 28.9 Å². The number of nitrogens with zero attached hydrogens (tertiary/aromatic N) is 2.